The molecule has 0 saturated carbocycles. The van der Waals surface area contributed by atoms with Crippen LogP contribution in [0.3, 0.4) is 0 Å². The van der Waals surface area contributed by atoms with Gasteiger partial charge in [-0.05, 0) is 42.0 Å². The molecule has 1 aromatic rings. The van der Waals surface area contributed by atoms with E-state index in [1.165, 1.54) is 17.7 Å². The number of benzene rings is 1. The van der Waals surface area contributed by atoms with E-state index < -0.39 is 0 Å². The van der Waals surface area contributed by atoms with Crippen LogP contribution in [0.15, 0.2) is 18.2 Å². The first-order valence-electron chi connectivity index (χ1n) is 7.66. The molecule has 112 valence electrons. The minimum atomic E-state index is 0.392. The first kappa shape index (κ1) is 15.7. The Morgan fingerprint density at radius 1 is 1.35 bits per heavy atom. The third-order valence-corrected chi connectivity index (χ3v) is 4.73. The van der Waals surface area contributed by atoms with Crippen molar-refractivity contribution >= 4 is 17.3 Å². The van der Waals surface area contributed by atoms with E-state index in [1.54, 1.807) is 0 Å². The smallest absolute Gasteiger partial charge is 0.0471 e. The Labute approximate surface area is 128 Å². The van der Waals surface area contributed by atoms with Crippen LogP contribution in [0.2, 0.25) is 5.02 Å². The first-order valence-corrected chi connectivity index (χ1v) is 8.03. The molecule has 3 heteroatoms. The van der Waals surface area contributed by atoms with E-state index in [-0.39, 0.29) is 0 Å². The standard InChI is InChI=1S/C17H27ClN2/c1-5-19-11-13-6-7-15(10-16(13)18)20-9-8-14(12-20)17(2,3)4/h6-7,10,14,19H,5,8-9,11-12H2,1-4H3. The third kappa shape index (κ3) is 3.67. The average molecular weight is 295 g/mol. The second kappa shape index (κ2) is 6.36. The van der Waals surface area contributed by atoms with Crippen molar-refractivity contribution in [2.45, 2.75) is 40.7 Å². The Kier molecular flexibility index (Phi) is 4.98. The molecule has 0 spiro atoms. The molecule has 2 rings (SSSR count). The molecule has 20 heavy (non-hydrogen) atoms. The van der Waals surface area contributed by atoms with Gasteiger partial charge in [0.05, 0.1) is 0 Å². The van der Waals surface area contributed by atoms with Gasteiger partial charge in [-0.3, -0.25) is 0 Å². The molecule has 1 atom stereocenters. The van der Waals surface area contributed by atoms with Gasteiger partial charge in [0.15, 0.2) is 0 Å². The highest BCUT2D eigenvalue weighted by Gasteiger charge is 2.31. The first-order chi connectivity index (χ1) is 9.41. The summed E-state index contributed by atoms with van der Waals surface area (Å²) in [5.74, 6) is 0.766. The lowest BCUT2D eigenvalue weighted by Gasteiger charge is -2.27. The monoisotopic (exact) mass is 294 g/mol. The number of rotatable bonds is 4. The van der Waals surface area contributed by atoms with E-state index in [2.05, 4.69) is 56.1 Å². The van der Waals surface area contributed by atoms with E-state index in [9.17, 15) is 0 Å². The van der Waals surface area contributed by atoms with Crippen molar-refractivity contribution in [1.29, 1.82) is 0 Å². The summed E-state index contributed by atoms with van der Waals surface area (Å²) < 4.78 is 0. The predicted octanol–water partition coefficient (Wildman–Crippen LogP) is 4.32. The quantitative estimate of drug-likeness (QED) is 0.889. The van der Waals surface area contributed by atoms with Crippen LogP contribution in [0.5, 0.6) is 0 Å². The normalized spacial score (nSPS) is 19.6. The Bertz CT molecular complexity index is 451. The van der Waals surface area contributed by atoms with Gasteiger partial charge in [0, 0.05) is 30.3 Å². The number of halogens is 1. The van der Waals surface area contributed by atoms with Crippen molar-refractivity contribution < 1.29 is 0 Å². The van der Waals surface area contributed by atoms with Crippen LogP contribution in [-0.2, 0) is 6.54 Å². The molecule has 0 aromatic heterocycles. The zero-order valence-corrected chi connectivity index (χ0v) is 13.9. The van der Waals surface area contributed by atoms with Crippen molar-refractivity contribution in [2.24, 2.45) is 11.3 Å². The molecule has 2 nitrogen and oxygen atoms in total. The van der Waals surface area contributed by atoms with Crippen molar-refractivity contribution in [3.63, 3.8) is 0 Å². The molecule has 1 aliphatic heterocycles. The third-order valence-electron chi connectivity index (χ3n) is 4.38. The maximum atomic E-state index is 6.40. The SMILES string of the molecule is CCNCc1ccc(N2CCC(C(C)(C)C)C2)cc1Cl. The number of nitrogens with zero attached hydrogens (tertiary/aromatic N) is 1. The van der Waals surface area contributed by atoms with Crippen LogP contribution in [0.25, 0.3) is 0 Å². The largest absolute Gasteiger partial charge is 0.371 e. The zero-order chi connectivity index (χ0) is 14.8. The fourth-order valence-corrected chi connectivity index (χ4v) is 3.08. The van der Waals surface area contributed by atoms with Gasteiger partial charge >= 0.3 is 0 Å². The number of nitrogens with one attached hydrogen (secondary N) is 1. The van der Waals surface area contributed by atoms with Crippen LogP contribution >= 0.6 is 11.6 Å². The molecular formula is C17H27ClN2. The summed E-state index contributed by atoms with van der Waals surface area (Å²) in [4.78, 5) is 2.47. The second-order valence-electron chi connectivity index (χ2n) is 6.85. The summed E-state index contributed by atoms with van der Waals surface area (Å²) in [6.07, 6.45) is 1.28. The topological polar surface area (TPSA) is 15.3 Å². The van der Waals surface area contributed by atoms with E-state index in [0.29, 0.717) is 5.41 Å². The van der Waals surface area contributed by atoms with Gasteiger partial charge in [0.25, 0.3) is 0 Å². The van der Waals surface area contributed by atoms with Crippen LogP contribution < -0.4 is 10.2 Å². The minimum absolute atomic E-state index is 0.392. The lowest BCUT2D eigenvalue weighted by Crippen LogP contribution is -2.25. The Hall–Kier alpha value is -0.730. The van der Waals surface area contributed by atoms with E-state index in [0.717, 1.165) is 37.1 Å². The molecule has 1 saturated heterocycles. The van der Waals surface area contributed by atoms with Crippen molar-refractivity contribution in [2.75, 3.05) is 24.5 Å². The van der Waals surface area contributed by atoms with Crippen molar-refractivity contribution in [3.8, 4) is 0 Å². The highest BCUT2D eigenvalue weighted by Crippen LogP contribution is 2.36. The van der Waals surface area contributed by atoms with Crippen molar-refractivity contribution in [1.82, 2.24) is 5.32 Å². The van der Waals surface area contributed by atoms with Crippen LogP contribution in [0, 0.1) is 11.3 Å². The van der Waals surface area contributed by atoms with E-state index >= 15 is 0 Å². The Morgan fingerprint density at radius 2 is 2.10 bits per heavy atom. The van der Waals surface area contributed by atoms with Crippen LogP contribution in [0.4, 0.5) is 5.69 Å². The van der Waals surface area contributed by atoms with Crippen LogP contribution in [0.1, 0.15) is 39.7 Å². The average Bonchev–Trinajstić information content (AvgIpc) is 2.86. The van der Waals surface area contributed by atoms with Gasteiger partial charge in [-0.1, -0.05) is 45.4 Å². The van der Waals surface area contributed by atoms with Gasteiger partial charge in [0.1, 0.15) is 0 Å². The summed E-state index contributed by atoms with van der Waals surface area (Å²) in [7, 11) is 0. The highest BCUT2D eigenvalue weighted by atomic mass is 35.5. The fourth-order valence-electron chi connectivity index (χ4n) is 2.84. The highest BCUT2D eigenvalue weighted by molar-refractivity contribution is 6.31. The maximum absolute atomic E-state index is 6.40. The van der Waals surface area contributed by atoms with E-state index in [4.69, 9.17) is 11.6 Å². The maximum Gasteiger partial charge on any atom is 0.0471 e. The van der Waals surface area contributed by atoms with Crippen LogP contribution in [-0.4, -0.2) is 19.6 Å². The fraction of sp³-hybridized carbons (Fsp3) is 0.647. The molecule has 1 N–H and O–H groups in total. The lowest BCUT2D eigenvalue weighted by molar-refractivity contribution is 0.263. The molecule has 1 unspecified atom stereocenters. The molecule has 0 aliphatic carbocycles. The van der Waals surface area contributed by atoms with Gasteiger partial charge in [-0.2, -0.15) is 0 Å². The Balaban J connectivity index is 2.05. The lowest BCUT2D eigenvalue weighted by atomic mass is 9.80. The summed E-state index contributed by atoms with van der Waals surface area (Å²) in [6, 6.07) is 6.49. The molecule has 0 bridgehead atoms. The molecule has 0 amide bonds. The summed E-state index contributed by atoms with van der Waals surface area (Å²) >= 11 is 6.40. The second-order valence-corrected chi connectivity index (χ2v) is 7.26. The minimum Gasteiger partial charge on any atom is -0.371 e. The molecule has 1 heterocycles. The van der Waals surface area contributed by atoms with E-state index in [1.807, 2.05) is 0 Å². The molecule has 1 aliphatic rings. The number of hydrogen-bond acceptors (Lipinski definition) is 2. The van der Waals surface area contributed by atoms with Gasteiger partial charge in [0.2, 0.25) is 0 Å². The summed E-state index contributed by atoms with van der Waals surface area (Å²) in [5.41, 5.74) is 2.84. The zero-order valence-electron chi connectivity index (χ0n) is 13.2. The predicted molar refractivity (Wildman–Crippen MR) is 88.6 cm³/mol. The summed E-state index contributed by atoms with van der Waals surface area (Å²) in [5, 5.41) is 4.20. The van der Waals surface area contributed by atoms with Gasteiger partial charge in [-0.15, -0.1) is 0 Å². The Morgan fingerprint density at radius 3 is 2.65 bits per heavy atom. The number of hydrogen-bond donors (Lipinski definition) is 1. The van der Waals surface area contributed by atoms with Crippen molar-refractivity contribution in [3.05, 3.63) is 28.8 Å². The number of anilines is 1. The van der Waals surface area contributed by atoms with Gasteiger partial charge in [-0.25, -0.2) is 0 Å². The molecule has 1 fully saturated rings. The van der Waals surface area contributed by atoms with Gasteiger partial charge < -0.3 is 10.2 Å². The molecular weight excluding hydrogens is 268 g/mol. The summed E-state index contributed by atoms with van der Waals surface area (Å²) in [6.45, 7) is 13.2. The molecule has 0 radical (unpaired) electrons. The molecule has 1 aromatic carbocycles.